The molecule has 3 heterocycles. The molecule has 0 atom stereocenters. The minimum Gasteiger partial charge on any atom is -0.294 e. The zero-order valence-corrected chi connectivity index (χ0v) is 20.8. The van der Waals surface area contributed by atoms with Crippen molar-refractivity contribution < 1.29 is 9.05 Å². The molecule has 180 valence electrons. The monoisotopic (exact) mass is 503 g/mol. The van der Waals surface area contributed by atoms with E-state index < -0.39 is 6.85 Å². The molecule has 1 aliphatic heterocycles. The van der Waals surface area contributed by atoms with Gasteiger partial charge in [-0.15, -0.1) is 4.94 Å². The first-order valence-corrected chi connectivity index (χ1v) is 12.8. The van der Waals surface area contributed by atoms with Gasteiger partial charge in [-0.1, -0.05) is 54.2 Å². The Bertz CT molecular complexity index is 1900. The topological polar surface area (TPSA) is 33.5 Å². The number of aromatic nitrogens is 2. The maximum absolute atomic E-state index is 7.89. The summed E-state index contributed by atoms with van der Waals surface area (Å²) in [5.74, 6) is 0.581. The Morgan fingerprint density at radius 1 is 0.757 bits per heavy atom. The van der Waals surface area contributed by atoms with Crippen LogP contribution in [0, 0.1) is 6.85 Å². The van der Waals surface area contributed by atoms with Crippen molar-refractivity contribution in [3.8, 4) is 5.82 Å². The van der Waals surface area contributed by atoms with E-state index in [0.717, 1.165) is 48.7 Å². The molecule has 0 bridgehead atoms. The van der Waals surface area contributed by atoms with E-state index in [4.69, 9.17) is 9.05 Å². The van der Waals surface area contributed by atoms with Crippen LogP contribution < -0.4 is 10.1 Å². The molecule has 1 aliphatic rings. The number of rotatable bonds is 4. The van der Waals surface area contributed by atoms with Gasteiger partial charge in [-0.2, -0.15) is 5.06 Å². The zero-order valence-electron chi connectivity index (χ0n) is 23.0. The average Bonchev–Trinajstić information content (AvgIpc) is 3.47. The van der Waals surface area contributed by atoms with Crippen LogP contribution in [0.5, 0.6) is 0 Å². The van der Waals surface area contributed by atoms with E-state index in [0.29, 0.717) is 5.82 Å². The second-order valence-corrected chi connectivity index (χ2v) is 10.0. The van der Waals surface area contributed by atoms with Crippen LogP contribution in [0.15, 0.2) is 119 Å². The van der Waals surface area contributed by atoms with Crippen molar-refractivity contribution in [1.29, 1.82) is 0 Å². The highest BCUT2D eigenvalue weighted by Crippen LogP contribution is 2.42. The van der Waals surface area contributed by atoms with Crippen molar-refractivity contribution in [3.63, 3.8) is 0 Å². The first-order chi connectivity index (χ1) is 19.4. The third kappa shape index (κ3) is 3.73. The molecule has 37 heavy (non-hydrogen) atoms. The largest absolute Gasteiger partial charge is 0.294 e. The lowest BCUT2D eigenvalue weighted by Gasteiger charge is -2.18. The van der Waals surface area contributed by atoms with Gasteiger partial charge in [0, 0.05) is 37.9 Å². The van der Waals surface area contributed by atoms with E-state index >= 15 is 0 Å². The molecule has 0 aliphatic carbocycles. The van der Waals surface area contributed by atoms with Crippen LogP contribution in [0.4, 0.5) is 17.1 Å². The number of benzene rings is 4. The predicted molar refractivity (Wildman–Crippen MR) is 152 cm³/mol. The van der Waals surface area contributed by atoms with Gasteiger partial charge >= 0.3 is 0 Å². The molecule has 0 saturated carbocycles. The lowest BCUT2D eigenvalue weighted by atomic mass is 10.2. The second-order valence-electron chi connectivity index (χ2n) is 8.90. The van der Waals surface area contributed by atoms with Gasteiger partial charge < -0.3 is 0 Å². The molecule has 6 heteroatoms. The third-order valence-electron chi connectivity index (χ3n) is 6.55. The van der Waals surface area contributed by atoms with Crippen LogP contribution in [-0.2, 0) is 4.94 Å². The smallest absolute Gasteiger partial charge is 0.137 e. The van der Waals surface area contributed by atoms with Crippen molar-refractivity contribution in [1.82, 2.24) is 9.55 Å². The number of hydroxylamine groups is 1. The summed E-state index contributed by atoms with van der Waals surface area (Å²) in [6.07, 6.45) is 1.57. The number of para-hydroxylation sites is 3. The Kier molecular flexibility index (Phi) is 4.45. The van der Waals surface area contributed by atoms with Gasteiger partial charge in [0.05, 0.1) is 28.1 Å². The van der Waals surface area contributed by atoms with E-state index in [2.05, 4.69) is 41.4 Å². The van der Waals surface area contributed by atoms with Crippen molar-refractivity contribution in [2.45, 2.75) is 16.6 Å². The summed E-state index contributed by atoms with van der Waals surface area (Å²) >= 11 is 1.66. The molecule has 5 nitrogen and oxygen atoms in total. The summed E-state index contributed by atoms with van der Waals surface area (Å²) in [5, 5.41) is 5.77. The van der Waals surface area contributed by atoms with Gasteiger partial charge in [-0.25, -0.2) is 10.0 Å². The Balaban J connectivity index is 1.29. The molecule has 0 amide bonds. The van der Waals surface area contributed by atoms with Gasteiger partial charge in [0.15, 0.2) is 0 Å². The predicted octanol–water partition coefficient (Wildman–Crippen LogP) is 8.07. The zero-order chi connectivity index (χ0) is 27.4. The molecule has 2 aromatic heterocycles. The lowest BCUT2D eigenvalue weighted by molar-refractivity contribution is 0.142. The number of nitrogens with zero attached hydrogens (tertiary/aromatic N) is 4. The highest BCUT2D eigenvalue weighted by Gasteiger charge is 2.26. The summed E-state index contributed by atoms with van der Waals surface area (Å²) < 4.78 is 25.7. The number of anilines is 3. The standard InChI is InChI=1S/C31H24N4OS/c1-21-16-17-32-31(18-21)34-27-11-4-3-10-25(27)26-15-14-24(20-30(26)34)37-23-9-7-8-22(19-23)35-29-13-6-5-12-28(29)33(2)36-35/h3-20H,1-2H3/i1D3. The van der Waals surface area contributed by atoms with Crippen molar-refractivity contribution in [3.05, 3.63) is 115 Å². The van der Waals surface area contributed by atoms with Crippen molar-refractivity contribution in [2.75, 3.05) is 17.2 Å². The summed E-state index contributed by atoms with van der Waals surface area (Å²) in [6, 6.07) is 34.1. The molecule has 0 N–H and O–H groups in total. The molecular weight excluding hydrogens is 476 g/mol. The molecule has 0 fully saturated rings. The fraction of sp³-hybridized carbons (Fsp3) is 0.0645. The van der Waals surface area contributed by atoms with Crippen LogP contribution in [-0.4, -0.2) is 16.6 Å². The molecule has 0 saturated heterocycles. The summed E-state index contributed by atoms with van der Waals surface area (Å²) in [6.45, 7) is -2.21. The van der Waals surface area contributed by atoms with Crippen LogP contribution in [0.3, 0.4) is 0 Å². The van der Waals surface area contributed by atoms with Crippen LogP contribution in [0.25, 0.3) is 27.6 Å². The Hall–Kier alpha value is -4.26. The van der Waals surface area contributed by atoms with E-state index in [9.17, 15) is 0 Å². The molecule has 0 radical (unpaired) electrons. The van der Waals surface area contributed by atoms with Gasteiger partial charge in [0.1, 0.15) is 5.82 Å². The van der Waals surface area contributed by atoms with Crippen LogP contribution in [0.2, 0.25) is 0 Å². The average molecular weight is 504 g/mol. The number of aryl methyl sites for hydroxylation is 1. The minimum atomic E-state index is -2.21. The first-order valence-electron chi connectivity index (χ1n) is 13.5. The Morgan fingerprint density at radius 3 is 2.49 bits per heavy atom. The van der Waals surface area contributed by atoms with E-state index in [1.165, 1.54) is 0 Å². The molecule has 4 aromatic carbocycles. The minimum absolute atomic E-state index is 0.266. The summed E-state index contributed by atoms with van der Waals surface area (Å²) in [5.41, 5.74) is 5.14. The van der Waals surface area contributed by atoms with E-state index in [1.54, 1.807) is 35.2 Å². The van der Waals surface area contributed by atoms with Gasteiger partial charge in [-0.05, 0) is 73.1 Å². The molecular formula is C31H24N4OS. The lowest BCUT2D eigenvalue weighted by Crippen LogP contribution is -2.20. The summed E-state index contributed by atoms with van der Waals surface area (Å²) in [4.78, 5) is 12.7. The first kappa shape index (κ1) is 18.9. The molecule has 6 aromatic rings. The fourth-order valence-corrected chi connectivity index (χ4v) is 5.81. The maximum atomic E-state index is 7.89. The third-order valence-corrected chi connectivity index (χ3v) is 7.53. The second kappa shape index (κ2) is 8.69. The Morgan fingerprint density at radius 2 is 1.57 bits per heavy atom. The van der Waals surface area contributed by atoms with Crippen LogP contribution >= 0.6 is 11.8 Å². The number of pyridine rings is 1. The SMILES string of the molecule is [2H]C([2H])([2H])c1ccnc(-n2c3ccccc3c3ccc(Sc4cccc(N5ON(C)c6ccccc65)c4)cc32)c1. The fourth-order valence-electron chi connectivity index (χ4n) is 4.91. The highest BCUT2D eigenvalue weighted by atomic mass is 32.2. The van der Waals surface area contributed by atoms with E-state index in [1.807, 2.05) is 71.3 Å². The maximum Gasteiger partial charge on any atom is 0.137 e. The van der Waals surface area contributed by atoms with Gasteiger partial charge in [0.25, 0.3) is 0 Å². The van der Waals surface area contributed by atoms with Crippen LogP contribution in [0.1, 0.15) is 9.68 Å². The molecule has 0 spiro atoms. The Labute approximate surface area is 223 Å². The number of fused-ring (bicyclic) bond motifs is 4. The van der Waals surface area contributed by atoms with Crippen molar-refractivity contribution >= 4 is 50.6 Å². The van der Waals surface area contributed by atoms with E-state index in [-0.39, 0.29) is 5.56 Å². The molecule has 0 unspecified atom stereocenters. The normalized spacial score (nSPS) is 14.6. The quantitative estimate of drug-likeness (QED) is 0.243. The number of hydrogen-bond donors (Lipinski definition) is 0. The summed E-state index contributed by atoms with van der Waals surface area (Å²) in [7, 11) is 1.90. The highest BCUT2D eigenvalue weighted by molar-refractivity contribution is 7.99. The number of hydrogen-bond acceptors (Lipinski definition) is 5. The van der Waals surface area contributed by atoms with Crippen molar-refractivity contribution in [2.24, 2.45) is 0 Å². The molecule has 7 rings (SSSR count). The van der Waals surface area contributed by atoms with Gasteiger partial charge in [-0.3, -0.25) is 4.57 Å². The van der Waals surface area contributed by atoms with Gasteiger partial charge in [0.2, 0.25) is 0 Å².